The summed E-state index contributed by atoms with van der Waals surface area (Å²) >= 11 is 0. The topological polar surface area (TPSA) is 63.7 Å². The molecule has 0 aromatic heterocycles. The van der Waals surface area contributed by atoms with Gasteiger partial charge in [0.05, 0.1) is 10.5 Å². The van der Waals surface area contributed by atoms with Gasteiger partial charge in [0, 0.05) is 13.1 Å². The molecule has 0 N–H and O–H groups in total. The molecule has 0 unspecified atom stereocenters. The Labute approximate surface area is 158 Å². The Kier molecular flexibility index (Phi) is 5.92. The molecule has 0 aliphatic carbocycles. The predicted octanol–water partition coefficient (Wildman–Crippen LogP) is 3.60. The molecule has 144 valence electrons. The Balaban J connectivity index is 1.64. The summed E-state index contributed by atoms with van der Waals surface area (Å²) in [4.78, 5) is 12.3. The maximum Gasteiger partial charge on any atom is 0.338 e. The van der Waals surface area contributed by atoms with Crippen molar-refractivity contribution in [3.05, 3.63) is 65.5 Å². The minimum absolute atomic E-state index is 0.0530. The zero-order valence-electron chi connectivity index (χ0n) is 15.1. The van der Waals surface area contributed by atoms with Crippen molar-refractivity contribution in [2.45, 2.75) is 31.3 Å². The van der Waals surface area contributed by atoms with Gasteiger partial charge >= 0.3 is 5.97 Å². The molecule has 1 aliphatic heterocycles. The van der Waals surface area contributed by atoms with Crippen LogP contribution in [0.2, 0.25) is 0 Å². The molecule has 1 fully saturated rings. The molecule has 0 bridgehead atoms. The second-order valence-electron chi connectivity index (χ2n) is 6.82. The van der Waals surface area contributed by atoms with E-state index in [4.69, 9.17) is 4.74 Å². The number of piperidine rings is 1. The van der Waals surface area contributed by atoms with Gasteiger partial charge in [0.15, 0.2) is 0 Å². The van der Waals surface area contributed by atoms with Gasteiger partial charge < -0.3 is 4.74 Å². The van der Waals surface area contributed by atoms with Crippen molar-refractivity contribution in [1.82, 2.24) is 4.31 Å². The van der Waals surface area contributed by atoms with Gasteiger partial charge in [-0.05, 0) is 60.7 Å². The van der Waals surface area contributed by atoms with Crippen molar-refractivity contribution in [2.24, 2.45) is 5.92 Å². The van der Waals surface area contributed by atoms with E-state index in [2.05, 4.69) is 6.92 Å². The maximum absolute atomic E-state index is 13.1. The van der Waals surface area contributed by atoms with Crippen molar-refractivity contribution in [1.29, 1.82) is 0 Å². The predicted molar refractivity (Wildman–Crippen MR) is 99.1 cm³/mol. The zero-order valence-corrected chi connectivity index (χ0v) is 15.9. The van der Waals surface area contributed by atoms with Crippen LogP contribution in [0.5, 0.6) is 0 Å². The number of halogens is 1. The van der Waals surface area contributed by atoms with Crippen molar-refractivity contribution in [2.75, 3.05) is 13.1 Å². The Hall–Kier alpha value is -2.25. The second kappa shape index (κ2) is 8.19. The van der Waals surface area contributed by atoms with E-state index < -0.39 is 21.8 Å². The van der Waals surface area contributed by atoms with E-state index in [0.29, 0.717) is 24.6 Å². The average Bonchev–Trinajstić information content (AvgIpc) is 2.66. The van der Waals surface area contributed by atoms with Gasteiger partial charge in [-0.25, -0.2) is 17.6 Å². The van der Waals surface area contributed by atoms with Crippen LogP contribution in [0.15, 0.2) is 53.4 Å². The van der Waals surface area contributed by atoms with Crippen LogP contribution in [0.3, 0.4) is 0 Å². The molecule has 0 spiro atoms. The van der Waals surface area contributed by atoms with Crippen molar-refractivity contribution >= 4 is 16.0 Å². The van der Waals surface area contributed by atoms with Gasteiger partial charge in [-0.15, -0.1) is 0 Å². The molecule has 1 aliphatic rings. The van der Waals surface area contributed by atoms with Crippen LogP contribution >= 0.6 is 0 Å². The molecule has 0 amide bonds. The van der Waals surface area contributed by atoms with Gasteiger partial charge in [0.25, 0.3) is 0 Å². The van der Waals surface area contributed by atoms with E-state index in [1.165, 1.54) is 40.7 Å². The van der Waals surface area contributed by atoms with Crippen molar-refractivity contribution in [3.63, 3.8) is 0 Å². The summed E-state index contributed by atoms with van der Waals surface area (Å²) in [5.41, 5.74) is 0.791. The van der Waals surface area contributed by atoms with Crippen LogP contribution < -0.4 is 0 Å². The third-order valence-corrected chi connectivity index (χ3v) is 6.64. The van der Waals surface area contributed by atoms with E-state index in [9.17, 15) is 17.6 Å². The average molecular weight is 391 g/mol. The summed E-state index contributed by atoms with van der Waals surface area (Å²) in [6, 6.07) is 11.5. The Bertz CT molecular complexity index is 904. The fraction of sp³-hybridized carbons (Fsp3) is 0.350. The lowest BCUT2D eigenvalue weighted by molar-refractivity contribution is 0.0472. The van der Waals surface area contributed by atoms with E-state index in [1.807, 2.05) is 0 Å². The highest BCUT2D eigenvalue weighted by Crippen LogP contribution is 2.23. The quantitative estimate of drug-likeness (QED) is 0.731. The first-order valence-electron chi connectivity index (χ1n) is 8.88. The highest BCUT2D eigenvalue weighted by molar-refractivity contribution is 7.89. The first-order chi connectivity index (χ1) is 12.9. The van der Waals surface area contributed by atoms with E-state index >= 15 is 0 Å². The normalized spacial score (nSPS) is 16.2. The summed E-state index contributed by atoms with van der Waals surface area (Å²) in [5, 5.41) is 0. The van der Waals surface area contributed by atoms with Crippen LogP contribution in [0.1, 0.15) is 35.7 Å². The number of hydrogen-bond acceptors (Lipinski definition) is 4. The number of esters is 1. The Morgan fingerprint density at radius 3 is 2.44 bits per heavy atom. The Morgan fingerprint density at radius 2 is 1.81 bits per heavy atom. The molecule has 5 nitrogen and oxygen atoms in total. The number of sulfonamides is 1. The monoisotopic (exact) mass is 391 g/mol. The van der Waals surface area contributed by atoms with Gasteiger partial charge in [0.2, 0.25) is 10.0 Å². The highest BCUT2D eigenvalue weighted by Gasteiger charge is 2.28. The summed E-state index contributed by atoms with van der Waals surface area (Å²) in [7, 11) is -3.55. The van der Waals surface area contributed by atoms with Gasteiger partial charge in [-0.2, -0.15) is 4.31 Å². The number of carbonyl (C=O) groups is 1. The number of nitrogens with zero attached hydrogens (tertiary/aromatic N) is 1. The summed E-state index contributed by atoms with van der Waals surface area (Å²) in [5.74, 6) is -0.452. The van der Waals surface area contributed by atoms with Crippen LogP contribution in [0, 0.1) is 11.7 Å². The maximum atomic E-state index is 13.1. The summed E-state index contributed by atoms with van der Waals surface area (Å²) < 4.78 is 45.2. The summed E-state index contributed by atoms with van der Waals surface area (Å²) in [6.07, 6.45) is 1.70. The molecule has 7 heteroatoms. The highest BCUT2D eigenvalue weighted by atomic mass is 32.2. The first kappa shape index (κ1) is 19.5. The van der Waals surface area contributed by atoms with Gasteiger partial charge in [-0.3, -0.25) is 0 Å². The largest absolute Gasteiger partial charge is 0.457 e. The number of hydrogen-bond donors (Lipinski definition) is 0. The fourth-order valence-corrected chi connectivity index (χ4v) is 4.47. The molecule has 2 aromatic carbocycles. The lowest BCUT2D eigenvalue weighted by Crippen LogP contribution is -2.37. The van der Waals surface area contributed by atoms with E-state index in [1.54, 1.807) is 12.1 Å². The molecule has 0 atom stereocenters. The zero-order chi connectivity index (χ0) is 19.4. The van der Waals surface area contributed by atoms with Gasteiger partial charge in [-0.1, -0.05) is 19.1 Å². The third kappa shape index (κ3) is 4.73. The molecule has 2 aromatic rings. The van der Waals surface area contributed by atoms with Crippen molar-refractivity contribution in [3.8, 4) is 0 Å². The van der Waals surface area contributed by atoms with E-state index in [0.717, 1.165) is 12.8 Å². The molecule has 1 saturated heterocycles. The minimum Gasteiger partial charge on any atom is -0.457 e. The van der Waals surface area contributed by atoms with Crippen LogP contribution in [0.25, 0.3) is 0 Å². The number of rotatable bonds is 5. The fourth-order valence-electron chi connectivity index (χ4n) is 3.00. The van der Waals surface area contributed by atoms with Crippen LogP contribution in [-0.4, -0.2) is 31.8 Å². The number of ether oxygens (including phenoxy) is 1. The Morgan fingerprint density at radius 1 is 1.15 bits per heavy atom. The van der Waals surface area contributed by atoms with Crippen LogP contribution in [0.4, 0.5) is 4.39 Å². The molecule has 3 rings (SSSR count). The molecule has 1 heterocycles. The molecular formula is C20H22FNO4S. The van der Waals surface area contributed by atoms with Crippen molar-refractivity contribution < 1.29 is 22.3 Å². The standard InChI is InChI=1S/C20H22FNO4S/c1-15-9-11-22(12-10-15)27(24,25)19-7-5-17(6-8-19)20(23)26-14-16-3-2-4-18(21)13-16/h2-8,13,15H,9-12,14H2,1H3. The molecular weight excluding hydrogens is 369 g/mol. The number of benzene rings is 2. The first-order valence-corrected chi connectivity index (χ1v) is 10.3. The SMILES string of the molecule is CC1CCN(S(=O)(=O)c2ccc(C(=O)OCc3cccc(F)c3)cc2)CC1. The third-order valence-electron chi connectivity index (χ3n) is 4.73. The number of carbonyl (C=O) groups excluding carboxylic acids is 1. The van der Waals surface area contributed by atoms with Gasteiger partial charge in [0.1, 0.15) is 12.4 Å². The van der Waals surface area contributed by atoms with Crippen LogP contribution in [-0.2, 0) is 21.4 Å². The molecule has 27 heavy (non-hydrogen) atoms. The lowest BCUT2D eigenvalue weighted by Gasteiger charge is -2.29. The van der Waals surface area contributed by atoms with E-state index in [-0.39, 0.29) is 17.1 Å². The second-order valence-corrected chi connectivity index (χ2v) is 8.75. The smallest absolute Gasteiger partial charge is 0.338 e. The minimum atomic E-state index is -3.55. The summed E-state index contributed by atoms with van der Waals surface area (Å²) in [6.45, 7) is 3.10. The lowest BCUT2D eigenvalue weighted by atomic mass is 10.0. The molecule has 0 saturated carbocycles. The molecule has 0 radical (unpaired) electrons.